The summed E-state index contributed by atoms with van der Waals surface area (Å²) in [4.78, 5) is 7.28. The highest BCUT2D eigenvalue weighted by molar-refractivity contribution is 5.39. The molecule has 0 bridgehead atoms. The second-order valence-corrected chi connectivity index (χ2v) is 8.00. The first-order chi connectivity index (χ1) is 13.8. The number of rotatable bonds is 7. The minimum atomic E-state index is 0.211. The van der Waals surface area contributed by atoms with Crippen LogP contribution < -0.4 is 5.32 Å². The van der Waals surface area contributed by atoms with Gasteiger partial charge >= 0.3 is 0 Å². The molecular weight excluding hydrogens is 352 g/mol. The minimum absolute atomic E-state index is 0.211. The number of nitrogens with zero attached hydrogens (tertiary/aromatic N) is 5. The van der Waals surface area contributed by atoms with E-state index in [1.54, 1.807) is 0 Å². The first-order valence-electron chi connectivity index (χ1n) is 10.9. The Labute approximate surface area is 169 Å². The van der Waals surface area contributed by atoms with Gasteiger partial charge in [-0.05, 0) is 51.7 Å². The third kappa shape index (κ3) is 5.85. The number of piperidine rings is 2. The van der Waals surface area contributed by atoms with Crippen LogP contribution in [0.15, 0.2) is 11.4 Å². The van der Waals surface area contributed by atoms with Gasteiger partial charge in [0.1, 0.15) is 18.0 Å². The highest BCUT2D eigenvalue weighted by Crippen LogP contribution is 2.23. The fraction of sp³-hybridized carbons (Fsp3) is 0.810. The first kappa shape index (κ1) is 20.9. The zero-order valence-electron chi connectivity index (χ0n) is 17.0. The third-order valence-corrected chi connectivity index (χ3v) is 6.20. The van der Waals surface area contributed by atoms with Gasteiger partial charge < -0.3 is 19.9 Å². The summed E-state index contributed by atoms with van der Waals surface area (Å²) < 4.78 is 5.39. The van der Waals surface area contributed by atoms with Crippen molar-refractivity contribution in [2.45, 2.75) is 44.6 Å². The number of morpholine rings is 1. The van der Waals surface area contributed by atoms with Crippen molar-refractivity contribution in [3.63, 3.8) is 0 Å². The molecule has 28 heavy (non-hydrogen) atoms. The molecule has 3 fully saturated rings. The molecular formula is C21H34N6O. The van der Waals surface area contributed by atoms with Crippen LogP contribution in [0.2, 0.25) is 0 Å². The van der Waals surface area contributed by atoms with E-state index in [9.17, 15) is 10.5 Å². The first-order valence-corrected chi connectivity index (χ1v) is 10.9. The third-order valence-electron chi connectivity index (χ3n) is 6.20. The molecule has 0 aromatic carbocycles. The van der Waals surface area contributed by atoms with E-state index in [2.05, 4.69) is 32.2 Å². The van der Waals surface area contributed by atoms with Crippen LogP contribution in [0.25, 0.3) is 0 Å². The molecule has 0 spiro atoms. The molecule has 154 valence electrons. The predicted octanol–water partition coefficient (Wildman–Crippen LogP) is 1.51. The minimum Gasteiger partial charge on any atom is -0.379 e. The van der Waals surface area contributed by atoms with Crippen molar-refractivity contribution in [2.24, 2.45) is 0 Å². The topological polar surface area (TPSA) is 78.6 Å². The lowest BCUT2D eigenvalue weighted by Crippen LogP contribution is -2.48. The number of hydrogen-bond acceptors (Lipinski definition) is 7. The van der Waals surface area contributed by atoms with E-state index in [0.29, 0.717) is 6.04 Å². The van der Waals surface area contributed by atoms with E-state index in [0.717, 1.165) is 77.6 Å². The van der Waals surface area contributed by atoms with Crippen LogP contribution in [0.5, 0.6) is 0 Å². The van der Waals surface area contributed by atoms with E-state index in [4.69, 9.17) is 4.74 Å². The lowest BCUT2D eigenvalue weighted by molar-refractivity contribution is 0.0374. The van der Waals surface area contributed by atoms with Crippen LogP contribution in [0.4, 0.5) is 0 Å². The standard InChI is InChI=1S/C21H34N6O/c22-17-19(18-23)21(24-7-4-8-25-13-15-28-16-14-25)27-11-5-20(6-12-27)26-9-2-1-3-10-26/h20,24H,1-16H2. The highest BCUT2D eigenvalue weighted by atomic mass is 16.5. The van der Waals surface area contributed by atoms with Gasteiger partial charge in [0.25, 0.3) is 0 Å². The summed E-state index contributed by atoms with van der Waals surface area (Å²) >= 11 is 0. The largest absolute Gasteiger partial charge is 0.379 e. The number of likely N-dealkylation sites (tertiary alicyclic amines) is 2. The highest BCUT2D eigenvalue weighted by Gasteiger charge is 2.27. The number of allylic oxidation sites excluding steroid dienone is 1. The number of hydrogen-bond donors (Lipinski definition) is 1. The van der Waals surface area contributed by atoms with Crippen molar-refractivity contribution < 1.29 is 4.74 Å². The molecule has 3 rings (SSSR count). The summed E-state index contributed by atoms with van der Waals surface area (Å²) in [5.74, 6) is 0.740. The Morgan fingerprint density at radius 1 is 0.929 bits per heavy atom. The molecule has 0 aromatic heterocycles. The van der Waals surface area contributed by atoms with Gasteiger partial charge in [0.05, 0.1) is 13.2 Å². The number of ether oxygens (including phenoxy) is 1. The molecule has 0 saturated carbocycles. The molecule has 0 amide bonds. The Morgan fingerprint density at radius 2 is 1.61 bits per heavy atom. The summed E-state index contributed by atoms with van der Waals surface area (Å²) in [6.45, 7) is 9.72. The van der Waals surface area contributed by atoms with Crippen LogP contribution >= 0.6 is 0 Å². The van der Waals surface area contributed by atoms with Gasteiger partial charge in [0.2, 0.25) is 0 Å². The molecule has 3 aliphatic heterocycles. The molecule has 3 heterocycles. The maximum atomic E-state index is 9.42. The Hall–Kier alpha value is -1.80. The molecule has 0 radical (unpaired) electrons. The van der Waals surface area contributed by atoms with Crippen molar-refractivity contribution in [3.8, 4) is 12.1 Å². The summed E-state index contributed by atoms with van der Waals surface area (Å²) in [7, 11) is 0. The van der Waals surface area contributed by atoms with E-state index in [1.807, 2.05) is 0 Å². The predicted molar refractivity (Wildman–Crippen MR) is 108 cm³/mol. The zero-order valence-corrected chi connectivity index (χ0v) is 17.0. The fourth-order valence-electron chi connectivity index (χ4n) is 4.56. The van der Waals surface area contributed by atoms with Crippen molar-refractivity contribution in [1.82, 2.24) is 20.0 Å². The Morgan fingerprint density at radius 3 is 2.25 bits per heavy atom. The van der Waals surface area contributed by atoms with E-state index in [1.165, 1.54) is 32.4 Å². The lowest BCUT2D eigenvalue weighted by atomic mass is 9.99. The van der Waals surface area contributed by atoms with Gasteiger partial charge in [0, 0.05) is 38.8 Å². The van der Waals surface area contributed by atoms with Gasteiger partial charge in [-0.2, -0.15) is 10.5 Å². The zero-order chi connectivity index (χ0) is 19.6. The summed E-state index contributed by atoms with van der Waals surface area (Å²) in [5, 5.41) is 22.2. The number of nitriles is 2. The average Bonchev–Trinajstić information content (AvgIpc) is 2.77. The Bertz CT molecular complexity index is 571. The van der Waals surface area contributed by atoms with Crippen LogP contribution in [-0.2, 0) is 4.74 Å². The molecule has 7 nitrogen and oxygen atoms in total. The van der Waals surface area contributed by atoms with Crippen molar-refractivity contribution in [1.29, 1.82) is 10.5 Å². The van der Waals surface area contributed by atoms with Gasteiger partial charge in [-0.3, -0.25) is 4.90 Å². The molecule has 3 aliphatic rings. The SMILES string of the molecule is N#CC(C#N)=C(NCCCN1CCOCC1)N1CCC(N2CCCCC2)CC1. The normalized spacial score (nSPS) is 22.3. The summed E-state index contributed by atoms with van der Waals surface area (Å²) in [6.07, 6.45) is 7.24. The van der Waals surface area contributed by atoms with Crippen LogP contribution in [0, 0.1) is 22.7 Å². The van der Waals surface area contributed by atoms with E-state index >= 15 is 0 Å². The molecule has 0 aliphatic carbocycles. The molecule has 0 unspecified atom stereocenters. The summed E-state index contributed by atoms with van der Waals surface area (Å²) in [6, 6.07) is 4.84. The molecule has 0 aromatic rings. The second kappa shape index (κ2) is 11.3. The smallest absolute Gasteiger partial charge is 0.169 e. The van der Waals surface area contributed by atoms with Crippen molar-refractivity contribution >= 4 is 0 Å². The van der Waals surface area contributed by atoms with E-state index in [-0.39, 0.29) is 5.57 Å². The molecule has 3 saturated heterocycles. The van der Waals surface area contributed by atoms with Gasteiger partial charge in [-0.15, -0.1) is 0 Å². The Kier molecular flexibility index (Phi) is 8.42. The van der Waals surface area contributed by atoms with Crippen LogP contribution in [0.1, 0.15) is 38.5 Å². The molecule has 1 N–H and O–H groups in total. The number of nitrogens with one attached hydrogen (secondary N) is 1. The second-order valence-electron chi connectivity index (χ2n) is 8.00. The maximum absolute atomic E-state index is 9.42. The van der Waals surface area contributed by atoms with Gasteiger partial charge in [0.15, 0.2) is 5.57 Å². The maximum Gasteiger partial charge on any atom is 0.169 e. The van der Waals surface area contributed by atoms with Crippen molar-refractivity contribution in [2.75, 3.05) is 65.6 Å². The molecule has 0 atom stereocenters. The molecule has 7 heteroatoms. The van der Waals surface area contributed by atoms with Crippen LogP contribution in [-0.4, -0.2) is 86.3 Å². The fourth-order valence-corrected chi connectivity index (χ4v) is 4.56. The van der Waals surface area contributed by atoms with Crippen LogP contribution in [0.3, 0.4) is 0 Å². The van der Waals surface area contributed by atoms with Gasteiger partial charge in [-0.1, -0.05) is 6.42 Å². The Balaban J connectivity index is 1.49. The average molecular weight is 387 g/mol. The van der Waals surface area contributed by atoms with Gasteiger partial charge in [-0.25, -0.2) is 0 Å². The summed E-state index contributed by atoms with van der Waals surface area (Å²) in [5.41, 5.74) is 0.211. The lowest BCUT2D eigenvalue weighted by Gasteiger charge is -2.41. The van der Waals surface area contributed by atoms with Crippen molar-refractivity contribution in [3.05, 3.63) is 11.4 Å². The van der Waals surface area contributed by atoms with E-state index < -0.39 is 0 Å². The quantitative estimate of drug-likeness (QED) is 0.525. The monoisotopic (exact) mass is 386 g/mol.